The number of guanidine groups is 1. The molecule has 0 aliphatic heterocycles. The van der Waals surface area contributed by atoms with Crippen LogP contribution < -0.4 is 11.1 Å². The molecular weight excluding hydrogens is 487 g/mol. The number of anilines is 1. The summed E-state index contributed by atoms with van der Waals surface area (Å²) in [5.41, 5.74) is 10.7. The van der Waals surface area contributed by atoms with Crippen molar-refractivity contribution >= 4 is 45.6 Å². The molecule has 0 fully saturated rings. The van der Waals surface area contributed by atoms with Gasteiger partial charge in [-0.1, -0.05) is 24.3 Å². The lowest BCUT2D eigenvalue weighted by Crippen LogP contribution is -2.24. The van der Waals surface area contributed by atoms with Crippen LogP contribution in [0.4, 0.5) is 5.69 Å². The Morgan fingerprint density at radius 2 is 1.79 bits per heavy atom. The highest BCUT2D eigenvalue weighted by Gasteiger charge is 2.16. The molecule has 0 bridgehead atoms. The van der Waals surface area contributed by atoms with Crippen molar-refractivity contribution < 1.29 is 8.42 Å². The summed E-state index contributed by atoms with van der Waals surface area (Å²) in [5, 5.41) is 3.22. The first-order valence-corrected chi connectivity index (χ1v) is 10.5. The zero-order chi connectivity index (χ0) is 19.4. The van der Waals surface area contributed by atoms with Gasteiger partial charge in [0.2, 0.25) is 10.0 Å². The molecule has 152 valence electrons. The van der Waals surface area contributed by atoms with Crippen molar-refractivity contribution in [2.45, 2.75) is 37.1 Å². The minimum absolute atomic E-state index is 0. The summed E-state index contributed by atoms with van der Waals surface area (Å²) >= 11 is 0. The van der Waals surface area contributed by atoms with Crippen LogP contribution >= 0.6 is 24.0 Å². The fourth-order valence-electron chi connectivity index (χ4n) is 3.23. The first-order valence-electron chi connectivity index (χ1n) is 9.07. The van der Waals surface area contributed by atoms with Crippen molar-refractivity contribution in [1.29, 1.82) is 0 Å². The average Bonchev–Trinajstić information content (AvgIpc) is 2.67. The fourth-order valence-corrected chi connectivity index (χ4v) is 4.13. The van der Waals surface area contributed by atoms with Crippen LogP contribution in [0.25, 0.3) is 0 Å². The summed E-state index contributed by atoms with van der Waals surface area (Å²) in [4.78, 5) is 4.65. The van der Waals surface area contributed by atoms with E-state index in [1.54, 1.807) is 24.3 Å². The van der Waals surface area contributed by atoms with Gasteiger partial charge < -0.3 is 11.1 Å². The van der Waals surface area contributed by atoms with E-state index < -0.39 is 10.0 Å². The lowest BCUT2D eigenvalue weighted by Gasteiger charge is -2.19. The Balaban J connectivity index is 0.00000280. The molecule has 0 radical (unpaired) electrons. The van der Waals surface area contributed by atoms with Crippen LogP contribution in [0.5, 0.6) is 0 Å². The second-order valence-electron chi connectivity index (χ2n) is 6.91. The van der Waals surface area contributed by atoms with Gasteiger partial charge in [0.1, 0.15) is 0 Å². The van der Waals surface area contributed by atoms with Crippen molar-refractivity contribution in [3.63, 3.8) is 0 Å². The van der Waals surface area contributed by atoms with Gasteiger partial charge in [0.25, 0.3) is 0 Å². The molecular formula is C20H27IN4O2S. The van der Waals surface area contributed by atoms with Crippen molar-refractivity contribution in [2.75, 3.05) is 19.4 Å². The highest BCUT2D eigenvalue weighted by molar-refractivity contribution is 14.0. The molecule has 1 aliphatic rings. The fraction of sp³-hybridized carbons (Fsp3) is 0.350. The average molecular weight is 514 g/mol. The Bertz CT molecular complexity index is 941. The number of nitrogens with one attached hydrogen (secondary N) is 1. The largest absolute Gasteiger partial charge is 0.370 e. The molecule has 1 aliphatic carbocycles. The number of sulfonamides is 1. The summed E-state index contributed by atoms with van der Waals surface area (Å²) in [6.07, 6.45) is 4.61. The van der Waals surface area contributed by atoms with Gasteiger partial charge in [-0.3, -0.25) is 0 Å². The summed E-state index contributed by atoms with van der Waals surface area (Å²) in [6, 6.07) is 13.0. The molecule has 0 saturated carbocycles. The van der Waals surface area contributed by atoms with Gasteiger partial charge in [-0.05, 0) is 60.6 Å². The highest BCUT2D eigenvalue weighted by atomic mass is 127. The van der Waals surface area contributed by atoms with E-state index in [-0.39, 0.29) is 28.9 Å². The number of aryl methyl sites for hydroxylation is 1. The minimum atomic E-state index is -3.41. The molecule has 0 amide bonds. The maximum absolute atomic E-state index is 12.1. The quantitative estimate of drug-likeness (QED) is 0.364. The van der Waals surface area contributed by atoms with Crippen molar-refractivity contribution in [3.8, 4) is 0 Å². The van der Waals surface area contributed by atoms with Crippen LogP contribution in [-0.2, 0) is 29.4 Å². The molecule has 3 N–H and O–H groups in total. The maximum Gasteiger partial charge on any atom is 0.242 e. The normalized spacial score (nSPS) is 14.3. The summed E-state index contributed by atoms with van der Waals surface area (Å²) in [6.45, 7) is 0.385. The van der Waals surface area contributed by atoms with Crippen LogP contribution in [-0.4, -0.2) is 32.8 Å². The van der Waals surface area contributed by atoms with Crippen LogP contribution in [0.3, 0.4) is 0 Å². The first kappa shape index (κ1) is 22.6. The number of fused-ring (bicyclic) bond motifs is 1. The van der Waals surface area contributed by atoms with E-state index in [0.29, 0.717) is 12.5 Å². The SMILES string of the molecule is CN(C)S(=O)(=O)c1ccc(CN=C(N)Nc2cccc3c2CCCC3)cc1.I. The molecule has 2 aromatic carbocycles. The van der Waals surface area contributed by atoms with Gasteiger partial charge in [-0.25, -0.2) is 17.7 Å². The molecule has 28 heavy (non-hydrogen) atoms. The highest BCUT2D eigenvalue weighted by Crippen LogP contribution is 2.27. The Morgan fingerprint density at radius 1 is 1.11 bits per heavy atom. The van der Waals surface area contributed by atoms with Gasteiger partial charge >= 0.3 is 0 Å². The Kier molecular flexibility index (Phi) is 7.85. The zero-order valence-corrected chi connectivity index (χ0v) is 19.3. The number of nitrogens with zero attached hydrogens (tertiary/aromatic N) is 2. The van der Waals surface area contributed by atoms with Crippen molar-refractivity contribution in [2.24, 2.45) is 10.7 Å². The minimum Gasteiger partial charge on any atom is -0.370 e. The van der Waals surface area contributed by atoms with E-state index in [1.165, 1.54) is 42.4 Å². The van der Waals surface area contributed by atoms with Crippen LogP contribution in [0, 0.1) is 0 Å². The first-order chi connectivity index (χ1) is 12.9. The monoisotopic (exact) mass is 514 g/mol. The number of benzene rings is 2. The van der Waals surface area contributed by atoms with Gasteiger partial charge in [0.15, 0.2) is 5.96 Å². The van der Waals surface area contributed by atoms with Crippen LogP contribution in [0.1, 0.15) is 29.5 Å². The molecule has 0 heterocycles. The van der Waals surface area contributed by atoms with E-state index >= 15 is 0 Å². The second kappa shape index (κ2) is 9.71. The number of aliphatic imine (C=N–C) groups is 1. The van der Waals surface area contributed by atoms with E-state index in [9.17, 15) is 8.42 Å². The second-order valence-corrected chi connectivity index (χ2v) is 9.06. The number of nitrogens with two attached hydrogens (primary N) is 1. The lowest BCUT2D eigenvalue weighted by molar-refractivity contribution is 0.520. The summed E-state index contributed by atoms with van der Waals surface area (Å²) in [7, 11) is -0.382. The van der Waals surface area contributed by atoms with Crippen LogP contribution in [0.15, 0.2) is 52.4 Å². The number of hydrogen-bond acceptors (Lipinski definition) is 3. The zero-order valence-electron chi connectivity index (χ0n) is 16.2. The smallest absolute Gasteiger partial charge is 0.242 e. The maximum atomic E-state index is 12.1. The molecule has 8 heteroatoms. The van der Waals surface area contributed by atoms with E-state index in [1.807, 2.05) is 12.1 Å². The Labute approximate surface area is 184 Å². The van der Waals surface area contributed by atoms with Crippen molar-refractivity contribution in [3.05, 3.63) is 59.2 Å². The Morgan fingerprint density at radius 3 is 2.46 bits per heavy atom. The van der Waals surface area contributed by atoms with Gasteiger partial charge in [0.05, 0.1) is 11.4 Å². The predicted molar refractivity (Wildman–Crippen MR) is 125 cm³/mol. The Hall–Kier alpha value is -1.65. The van der Waals surface area contributed by atoms with E-state index in [2.05, 4.69) is 16.4 Å². The summed E-state index contributed by atoms with van der Waals surface area (Å²) in [5.74, 6) is 0.360. The van der Waals surface area contributed by atoms with Gasteiger partial charge in [-0.2, -0.15) is 0 Å². The van der Waals surface area contributed by atoms with Gasteiger partial charge in [-0.15, -0.1) is 24.0 Å². The predicted octanol–water partition coefficient (Wildman–Crippen LogP) is 3.36. The molecule has 0 unspecified atom stereocenters. The standard InChI is InChI=1S/C20H26N4O2S.HI/c1-24(2)27(25,26)17-12-10-15(11-13-17)14-22-20(21)23-19-9-5-7-16-6-3-4-8-18(16)19;/h5,7,9-13H,3-4,6,8,14H2,1-2H3,(H3,21,22,23);1H. The topological polar surface area (TPSA) is 87.8 Å². The van der Waals surface area contributed by atoms with E-state index in [4.69, 9.17) is 5.73 Å². The van der Waals surface area contributed by atoms with E-state index in [0.717, 1.165) is 24.1 Å². The molecule has 2 aromatic rings. The lowest BCUT2D eigenvalue weighted by atomic mass is 9.90. The number of rotatable bonds is 5. The molecule has 6 nitrogen and oxygen atoms in total. The summed E-state index contributed by atoms with van der Waals surface area (Å²) < 4.78 is 25.4. The number of hydrogen-bond donors (Lipinski definition) is 2. The third-order valence-electron chi connectivity index (χ3n) is 4.79. The molecule has 0 saturated heterocycles. The van der Waals surface area contributed by atoms with Crippen LogP contribution in [0.2, 0.25) is 0 Å². The molecule has 3 rings (SSSR count). The molecule has 0 atom stereocenters. The third kappa shape index (κ3) is 5.24. The number of halogens is 1. The molecule has 0 aromatic heterocycles. The third-order valence-corrected chi connectivity index (χ3v) is 6.62. The van der Waals surface area contributed by atoms with Gasteiger partial charge in [0, 0.05) is 19.8 Å². The van der Waals surface area contributed by atoms with Crippen molar-refractivity contribution in [1.82, 2.24) is 4.31 Å². The molecule has 0 spiro atoms.